The summed E-state index contributed by atoms with van der Waals surface area (Å²) in [5, 5.41) is 6.20. The molecule has 5 rings (SSSR count). The van der Waals surface area contributed by atoms with Gasteiger partial charge in [-0.2, -0.15) is 0 Å². The molecule has 0 aliphatic heterocycles. The van der Waals surface area contributed by atoms with Crippen molar-refractivity contribution in [2.45, 2.75) is 6.92 Å². The summed E-state index contributed by atoms with van der Waals surface area (Å²) in [4.78, 5) is 24.5. The first-order valence-electron chi connectivity index (χ1n) is 8.97. The third kappa shape index (κ3) is 2.72. The molecule has 6 nitrogen and oxygen atoms in total. The summed E-state index contributed by atoms with van der Waals surface area (Å²) in [7, 11) is 0. The van der Waals surface area contributed by atoms with Crippen LogP contribution in [0.4, 0.5) is 5.69 Å². The van der Waals surface area contributed by atoms with Crippen LogP contribution in [0.5, 0.6) is 0 Å². The number of rotatable bonds is 3. The lowest BCUT2D eigenvalue weighted by Gasteiger charge is -2.06. The molecule has 0 saturated heterocycles. The monoisotopic (exact) mass is 367 g/mol. The van der Waals surface area contributed by atoms with Gasteiger partial charge in [-0.25, -0.2) is 9.97 Å². The second kappa shape index (κ2) is 6.35. The molecule has 3 aromatic heterocycles. The van der Waals surface area contributed by atoms with E-state index in [-0.39, 0.29) is 5.91 Å². The average molecular weight is 367 g/mol. The highest BCUT2D eigenvalue weighted by Gasteiger charge is 2.12. The fourth-order valence-electron chi connectivity index (χ4n) is 3.43. The second-order valence-electron chi connectivity index (χ2n) is 6.63. The molecule has 136 valence electrons. The zero-order valence-electron chi connectivity index (χ0n) is 15.2. The molecule has 0 unspecified atom stereocenters. The third-order valence-corrected chi connectivity index (χ3v) is 4.85. The van der Waals surface area contributed by atoms with Crippen LogP contribution in [-0.4, -0.2) is 25.4 Å². The van der Waals surface area contributed by atoms with Crippen molar-refractivity contribution in [2.24, 2.45) is 0 Å². The third-order valence-electron chi connectivity index (χ3n) is 4.85. The van der Waals surface area contributed by atoms with Crippen LogP contribution in [0, 0.1) is 6.92 Å². The smallest absolute Gasteiger partial charge is 0.272 e. The average Bonchev–Trinajstić information content (AvgIpc) is 3.35. The number of benzene rings is 2. The molecule has 2 aromatic carbocycles. The van der Waals surface area contributed by atoms with Crippen LogP contribution < -0.4 is 5.32 Å². The molecule has 0 saturated carbocycles. The fraction of sp³-hybridized carbons (Fsp3) is 0.0455. The van der Waals surface area contributed by atoms with Gasteiger partial charge in [0, 0.05) is 23.3 Å². The maximum absolute atomic E-state index is 12.7. The molecule has 3 heterocycles. The van der Waals surface area contributed by atoms with Gasteiger partial charge in [-0.15, -0.1) is 0 Å². The zero-order chi connectivity index (χ0) is 19.1. The minimum absolute atomic E-state index is 0.200. The lowest BCUT2D eigenvalue weighted by Crippen LogP contribution is -2.12. The summed E-state index contributed by atoms with van der Waals surface area (Å²) in [6.07, 6.45) is 5.22. The predicted octanol–water partition coefficient (Wildman–Crippen LogP) is 4.46. The standard InChI is InChI=1S/C22H17N5O/c1-14-23-10-11-27(14)21-9-7-16(13-24-21)25-22(28)20-12-18-17-5-3-2-4-15(17)6-8-19(18)26-20/h2-13,26H,1H3,(H,25,28). The molecule has 2 N–H and O–H groups in total. The molecular weight excluding hydrogens is 350 g/mol. The molecule has 5 aromatic rings. The largest absolute Gasteiger partial charge is 0.351 e. The normalized spacial score (nSPS) is 11.2. The Morgan fingerprint density at radius 3 is 2.71 bits per heavy atom. The van der Waals surface area contributed by atoms with E-state index in [1.54, 1.807) is 12.4 Å². The van der Waals surface area contributed by atoms with Crippen molar-refractivity contribution in [2.75, 3.05) is 5.32 Å². The van der Waals surface area contributed by atoms with Crippen LogP contribution in [0.3, 0.4) is 0 Å². The van der Waals surface area contributed by atoms with E-state index in [1.807, 2.05) is 54.1 Å². The number of nitrogens with zero attached hydrogens (tertiary/aromatic N) is 3. The number of aromatic amines is 1. The number of aryl methyl sites for hydroxylation is 1. The Balaban J connectivity index is 1.42. The Labute approximate surface area is 160 Å². The van der Waals surface area contributed by atoms with Crippen molar-refractivity contribution in [3.8, 4) is 5.82 Å². The van der Waals surface area contributed by atoms with Crippen molar-refractivity contribution in [3.63, 3.8) is 0 Å². The van der Waals surface area contributed by atoms with Crippen molar-refractivity contribution in [1.82, 2.24) is 19.5 Å². The van der Waals surface area contributed by atoms with Crippen LogP contribution in [-0.2, 0) is 0 Å². The highest BCUT2D eigenvalue weighted by atomic mass is 16.1. The van der Waals surface area contributed by atoms with E-state index in [2.05, 4.69) is 38.5 Å². The molecule has 1 amide bonds. The number of nitrogens with one attached hydrogen (secondary N) is 2. The van der Waals surface area contributed by atoms with E-state index in [0.717, 1.165) is 33.3 Å². The van der Waals surface area contributed by atoms with E-state index in [4.69, 9.17) is 0 Å². The number of amides is 1. The summed E-state index contributed by atoms with van der Waals surface area (Å²) in [5.41, 5.74) is 2.09. The maximum Gasteiger partial charge on any atom is 0.272 e. The van der Waals surface area contributed by atoms with Gasteiger partial charge in [0.05, 0.1) is 11.9 Å². The lowest BCUT2D eigenvalue weighted by molar-refractivity contribution is 0.102. The Bertz CT molecular complexity index is 1310. The Kier molecular flexibility index (Phi) is 3.69. The van der Waals surface area contributed by atoms with Gasteiger partial charge in [-0.3, -0.25) is 9.36 Å². The number of imidazole rings is 1. The van der Waals surface area contributed by atoms with Gasteiger partial charge in [-0.05, 0) is 42.0 Å². The number of fused-ring (bicyclic) bond motifs is 3. The molecule has 0 fully saturated rings. The van der Waals surface area contributed by atoms with Gasteiger partial charge >= 0.3 is 0 Å². The highest BCUT2D eigenvalue weighted by molar-refractivity contribution is 6.12. The highest BCUT2D eigenvalue weighted by Crippen LogP contribution is 2.26. The quantitative estimate of drug-likeness (QED) is 0.494. The minimum Gasteiger partial charge on any atom is -0.351 e. The maximum atomic E-state index is 12.7. The van der Waals surface area contributed by atoms with E-state index in [1.165, 1.54) is 0 Å². The van der Waals surface area contributed by atoms with Crippen LogP contribution in [0.2, 0.25) is 0 Å². The predicted molar refractivity (Wildman–Crippen MR) is 110 cm³/mol. The van der Waals surface area contributed by atoms with Crippen LogP contribution >= 0.6 is 0 Å². The zero-order valence-corrected chi connectivity index (χ0v) is 15.2. The summed E-state index contributed by atoms with van der Waals surface area (Å²) in [5.74, 6) is 1.41. The Morgan fingerprint density at radius 2 is 1.93 bits per heavy atom. The SMILES string of the molecule is Cc1nccn1-c1ccc(NC(=O)c2cc3c(ccc4ccccc43)[nH]2)cn1. The number of hydrogen-bond donors (Lipinski definition) is 2. The van der Waals surface area contributed by atoms with Crippen molar-refractivity contribution >= 4 is 33.3 Å². The van der Waals surface area contributed by atoms with E-state index < -0.39 is 0 Å². The molecule has 0 spiro atoms. The lowest BCUT2D eigenvalue weighted by atomic mass is 10.1. The number of carbonyl (C=O) groups excluding carboxylic acids is 1. The van der Waals surface area contributed by atoms with Gasteiger partial charge < -0.3 is 10.3 Å². The molecule has 0 bridgehead atoms. The summed E-state index contributed by atoms with van der Waals surface area (Å²) in [6.45, 7) is 1.91. The number of anilines is 1. The second-order valence-corrected chi connectivity index (χ2v) is 6.63. The first-order chi connectivity index (χ1) is 13.7. The first kappa shape index (κ1) is 16.3. The molecule has 6 heteroatoms. The number of pyridine rings is 1. The van der Waals surface area contributed by atoms with Gasteiger partial charge in [0.1, 0.15) is 17.3 Å². The van der Waals surface area contributed by atoms with E-state index >= 15 is 0 Å². The Morgan fingerprint density at radius 1 is 1.04 bits per heavy atom. The first-order valence-corrected chi connectivity index (χ1v) is 8.97. The van der Waals surface area contributed by atoms with Crippen molar-refractivity contribution in [1.29, 1.82) is 0 Å². The molecule has 0 radical (unpaired) electrons. The molecule has 0 aliphatic carbocycles. The number of carbonyl (C=O) groups is 1. The van der Waals surface area contributed by atoms with Gasteiger partial charge in [-0.1, -0.05) is 30.3 Å². The van der Waals surface area contributed by atoms with Gasteiger partial charge in [0.2, 0.25) is 0 Å². The number of H-pyrrole nitrogens is 1. The summed E-state index contributed by atoms with van der Waals surface area (Å²) in [6, 6.07) is 17.8. The fourth-order valence-corrected chi connectivity index (χ4v) is 3.43. The molecule has 0 aliphatic rings. The van der Waals surface area contributed by atoms with E-state index in [0.29, 0.717) is 11.4 Å². The topological polar surface area (TPSA) is 75.6 Å². The van der Waals surface area contributed by atoms with Crippen LogP contribution in [0.1, 0.15) is 16.3 Å². The van der Waals surface area contributed by atoms with Crippen molar-refractivity contribution in [3.05, 3.63) is 84.7 Å². The molecular formula is C22H17N5O. The number of aromatic nitrogens is 4. The molecule has 28 heavy (non-hydrogen) atoms. The molecule has 0 atom stereocenters. The summed E-state index contributed by atoms with van der Waals surface area (Å²) >= 11 is 0. The van der Waals surface area contributed by atoms with Crippen LogP contribution in [0.25, 0.3) is 27.5 Å². The van der Waals surface area contributed by atoms with Crippen molar-refractivity contribution < 1.29 is 4.79 Å². The van der Waals surface area contributed by atoms with Gasteiger partial charge in [0.15, 0.2) is 0 Å². The Hall–Kier alpha value is -3.93. The minimum atomic E-state index is -0.200. The van der Waals surface area contributed by atoms with E-state index in [9.17, 15) is 4.79 Å². The summed E-state index contributed by atoms with van der Waals surface area (Å²) < 4.78 is 1.88. The van der Waals surface area contributed by atoms with Gasteiger partial charge in [0.25, 0.3) is 5.91 Å². The number of hydrogen-bond acceptors (Lipinski definition) is 3. The van der Waals surface area contributed by atoms with Crippen LogP contribution in [0.15, 0.2) is 73.2 Å².